The van der Waals surface area contributed by atoms with Gasteiger partial charge in [0.2, 0.25) is 0 Å². The Morgan fingerprint density at radius 2 is 1.71 bits per heavy atom. The van der Waals surface area contributed by atoms with Crippen LogP contribution >= 0.6 is 0 Å². The lowest BCUT2D eigenvalue weighted by Crippen LogP contribution is -2.22. The molecule has 2 rings (SSSR count). The van der Waals surface area contributed by atoms with Gasteiger partial charge in [-0.1, -0.05) is 72.7 Å². The van der Waals surface area contributed by atoms with Gasteiger partial charge in [-0.3, -0.25) is 0 Å². The quantitative estimate of drug-likeness (QED) is 0.590. The van der Waals surface area contributed by atoms with Crippen molar-refractivity contribution >= 4 is 5.97 Å². The molecule has 0 fully saturated rings. The third-order valence-electron chi connectivity index (χ3n) is 5.35. The SMILES string of the molecule is CC(C)c1ccc(OCCC(C)(C)c2cccc(C(=O)O)c2)c(C(C)(C)C)c1. The molecule has 0 aliphatic carbocycles. The van der Waals surface area contributed by atoms with Crippen molar-refractivity contribution in [1.29, 1.82) is 0 Å². The van der Waals surface area contributed by atoms with Gasteiger partial charge in [0, 0.05) is 0 Å². The number of rotatable bonds is 7. The van der Waals surface area contributed by atoms with Crippen LogP contribution in [0.1, 0.15) is 87.9 Å². The Kier molecular flexibility index (Phi) is 6.59. The van der Waals surface area contributed by atoms with Gasteiger partial charge in [0.1, 0.15) is 5.75 Å². The fourth-order valence-electron chi connectivity index (χ4n) is 3.25. The van der Waals surface area contributed by atoms with E-state index in [1.54, 1.807) is 12.1 Å². The summed E-state index contributed by atoms with van der Waals surface area (Å²) in [6, 6.07) is 13.7. The van der Waals surface area contributed by atoms with Crippen LogP contribution in [0.3, 0.4) is 0 Å². The van der Waals surface area contributed by atoms with Gasteiger partial charge < -0.3 is 9.84 Å². The molecule has 152 valence electrons. The summed E-state index contributed by atoms with van der Waals surface area (Å²) < 4.78 is 6.22. The van der Waals surface area contributed by atoms with Gasteiger partial charge in [0.05, 0.1) is 12.2 Å². The van der Waals surface area contributed by atoms with E-state index in [1.807, 2.05) is 12.1 Å². The lowest BCUT2D eigenvalue weighted by Gasteiger charge is -2.28. The molecule has 0 aliphatic heterocycles. The fraction of sp³-hybridized carbons (Fsp3) is 0.480. The molecule has 0 atom stereocenters. The molecule has 0 aliphatic rings. The van der Waals surface area contributed by atoms with E-state index in [9.17, 15) is 9.90 Å². The Morgan fingerprint density at radius 3 is 2.29 bits per heavy atom. The van der Waals surface area contributed by atoms with E-state index in [1.165, 1.54) is 11.1 Å². The third kappa shape index (κ3) is 5.37. The minimum atomic E-state index is -0.894. The zero-order valence-electron chi connectivity index (χ0n) is 18.3. The van der Waals surface area contributed by atoms with E-state index < -0.39 is 5.97 Å². The van der Waals surface area contributed by atoms with Crippen molar-refractivity contribution in [2.24, 2.45) is 0 Å². The number of ether oxygens (including phenoxy) is 1. The lowest BCUT2D eigenvalue weighted by atomic mass is 9.81. The van der Waals surface area contributed by atoms with Crippen LogP contribution in [0.15, 0.2) is 42.5 Å². The highest BCUT2D eigenvalue weighted by atomic mass is 16.5. The zero-order chi connectivity index (χ0) is 21.1. The second-order valence-corrected chi connectivity index (χ2v) is 9.53. The van der Waals surface area contributed by atoms with Gasteiger partial charge in [0.25, 0.3) is 0 Å². The van der Waals surface area contributed by atoms with Gasteiger partial charge >= 0.3 is 5.97 Å². The van der Waals surface area contributed by atoms with E-state index in [4.69, 9.17) is 4.74 Å². The number of hydrogen-bond donors (Lipinski definition) is 1. The van der Waals surface area contributed by atoms with Gasteiger partial charge in [-0.05, 0) is 58.1 Å². The number of hydrogen-bond acceptors (Lipinski definition) is 2. The molecular weight excluding hydrogens is 348 g/mol. The van der Waals surface area contributed by atoms with Crippen LogP contribution in [0, 0.1) is 0 Å². The highest BCUT2D eigenvalue weighted by molar-refractivity contribution is 5.87. The maximum Gasteiger partial charge on any atom is 0.335 e. The van der Waals surface area contributed by atoms with Crippen LogP contribution < -0.4 is 4.74 Å². The molecule has 0 heterocycles. The molecule has 0 saturated carbocycles. The lowest BCUT2D eigenvalue weighted by molar-refractivity contribution is 0.0696. The van der Waals surface area contributed by atoms with Crippen LogP contribution in [0.2, 0.25) is 0 Å². The highest BCUT2D eigenvalue weighted by Crippen LogP contribution is 2.35. The predicted molar refractivity (Wildman–Crippen MR) is 116 cm³/mol. The Morgan fingerprint density at radius 1 is 1.04 bits per heavy atom. The van der Waals surface area contributed by atoms with E-state index in [-0.39, 0.29) is 10.8 Å². The first-order valence-corrected chi connectivity index (χ1v) is 10.0. The second-order valence-electron chi connectivity index (χ2n) is 9.53. The van der Waals surface area contributed by atoms with E-state index in [0.717, 1.165) is 17.7 Å². The molecule has 2 aromatic carbocycles. The van der Waals surface area contributed by atoms with Crippen molar-refractivity contribution in [3.8, 4) is 5.75 Å². The highest BCUT2D eigenvalue weighted by Gasteiger charge is 2.24. The first-order valence-electron chi connectivity index (χ1n) is 10.0. The second kappa shape index (κ2) is 8.38. The van der Waals surface area contributed by atoms with Crippen LogP contribution in [0.25, 0.3) is 0 Å². The van der Waals surface area contributed by atoms with Crippen molar-refractivity contribution in [2.75, 3.05) is 6.61 Å². The standard InChI is InChI=1S/C25H34O3/c1-17(2)18-11-12-22(21(16-18)24(3,4)5)28-14-13-25(6,7)20-10-8-9-19(15-20)23(26)27/h8-12,15-17H,13-14H2,1-7H3,(H,26,27). The maximum atomic E-state index is 11.3. The summed E-state index contributed by atoms with van der Waals surface area (Å²) in [5.41, 5.74) is 3.72. The van der Waals surface area contributed by atoms with Crippen molar-refractivity contribution in [3.63, 3.8) is 0 Å². The van der Waals surface area contributed by atoms with E-state index >= 15 is 0 Å². The Balaban J connectivity index is 2.16. The smallest absolute Gasteiger partial charge is 0.335 e. The van der Waals surface area contributed by atoms with Crippen molar-refractivity contribution < 1.29 is 14.6 Å². The monoisotopic (exact) mass is 382 g/mol. The number of carbonyl (C=O) groups is 1. The van der Waals surface area contributed by atoms with Crippen LogP contribution in [0.4, 0.5) is 0 Å². The molecule has 28 heavy (non-hydrogen) atoms. The number of carboxylic acids is 1. The predicted octanol–water partition coefficient (Wildman–Crippen LogP) is 6.55. The average molecular weight is 383 g/mol. The molecule has 0 bridgehead atoms. The Bertz CT molecular complexity index is 826. The fourth-order valence-corrected chi connectivity index (χ4v) is 3.25. The molecule has 2 aromatic rings. The van der Waals surface area contributed by atoms with Crippen LogP contribution in [-0.4, -0.2) is 17.7 Å². The molecule has 0 unspecified atom stereocenters. The third-order valence-corrected chi connectivity index (χ3v) is 5.35. The topological polar surface area (TPSA) is 46.5 Å². The Labute approximate surface area is 169 Å². The minimum Gasteiger partial charge on any atom is -0.493 e. The first-order chi connectivity index (χ1) is 12.9. The largest absolute Gasteiger partial charge is 0.493 e. The number of carboxylic acid groups (broad SMARTS) is 1. The van der Waals surface area contributed by atoms with Gasteiger partial charge in [-0.2, -0.15) is 0 Å². The number of benzene rings is 2. The molecule has 3 heteroatoms. The molecule has 0 radical (unpaired) electrons. The summed E-state index contributed by atoms with van der Waals surface area (Å²) in [5.74, 6) is 0.525. The van der Waals surface area contributed by atoms with Gasteiger partial charge in [0.15, 0.2) is 0 Å². The summed E-state index contributed by atoms with van der Waals surface area (Å²) >= 11 is 0. The van der Waals surface area contributed by atoms with Crippen LogP contribution in [-0.2, 0) is 10.8 Å². The minimum absolute atomic E-state index is 0.00553. The van der Waals surface area contributed by atoms with Gasteiger partial charge in [-0.25, -0.2) is 4.79 Å². The number of aromatic carboxylic acids is 1. The Hall–Kier alpha value is -2.29. The average Bonchev–Trinajstić information content (AvgIpc) is 2.60. The summed E-state index contributed by atoms with van der Waals surface area (Å²) in [6.45, 7) is 15.9. The summed E-state index contributed by atoms with van der Waals surface area (Å²) in [4.78, 5) is 11.3. The molecule has 0 amide bonds. The normalized spacial score (nSPS) is 12.3. The van der Waals surface area contributed by atoms with Crippen molar-refractivity contribution in [3.05, 3.63) is 64.7 Å². The summed E-state index contributed by atoms with van der Waals surface area (Å²) in [6.07, 6.45) is 0.797. The van der Waals surface area contributed by atoms with Gasteiger partial charge in [-0.15, -0.1) is 0 Å². The molecular formula is C25H34O3. The van der Waals surface area contributed by atoms with Crippen molar-refractivity contribution in [1.82, 2.24) is 0 Å². The van der Waals surface area contributed by atoms with Crippen molar-refractivity contribution in [2.45, 2.75) is 71.6 Å². The summed E-state index contributed by atoms with van der Waals surface area (Å²) in [5, 5.41) is 9.24. The first kappa shape index (κ1) is 22.0. The molecule has 0 spiro atoms. The van der Waals surface area contributed by atoms with Crippen LogP contribution in [0.5, 0.6) is 5.75 Å². The van der Waals surface area contributed by atoms with E-state index in [0.29, 0.717) is 18.1 Å². The summed E-state index contributed by atoms with van der Waals surface area (Å²) in [7, 11) is 0. The molecule has 0 saturated heterocycles. The molecule has 3 nitrogen and oxygen atoms in total. The zero-order valence-corrected chi connectivity index (χ0v) is 18.3. The molecule has 1 N–H and O–H groups in total. The van der Waals surface area contributed by atoms with E-state index in [2.05, 4.69) is 66.7 Å². The maximum absolute atomic E-state index is 11.3. The molecule has 0 aromatic heterocycles.